The highest BCUT2D eigenvalue weighted by molar-refractivity contribution is 4.95. The van der Waals surface area contributed by atoms with Gasteiger partial charge >= 0.3 is 0 Å². The van der Waals surface area contributed by atoms with Crippen molar-refractivity contribution in [3.8, 4) is 6.07 Å². The van der Waals surface area contributed by atoms with Crippen LogP contribution in [0.1, 0.15) is 12.1 Å². The van der Waals surface area contributed by atoms with Crippen LogP contribution in [0, 0.1) is 18.3 Å². The van der Waals surface area contributed by atoms with Crippen LogP contribution in [0.4, 0.5) is 0 Å². The Labute approximate surface area is 78.2 Å². The first-order valence-corrected chi connectivity index (χ1v) is 4.33. The summed E-state index contributed by atoms with van der Waals surface area (Å²) < 4.78 is 1.86. The molecule has 0 saturated carbocycles. The van der Waals surface area contributed by atoms with Crippen molar-refractivity contribution in [1.82, 2.24) is 15.1 Å². The van der Waals surface area contributed by atoms with E-state index in [9.17, 15) is 0 Å². The first-order chi connectivity index (χ1) is 6.26. The van der Waals surface area contributed by atoms with Crippen molar-refractivity contribution in [3.63, 3.8) is 0 Å². The Bertz CT molecular complexity index is 297. The van der Waals surface area contributed by atoms with Crippen LogP contribution in [0.2, 0.25) is 0 Å². The summed E-state index contributed by atoms with van der Waals surface area (Å²) in [5, 5.41) is 15.8. The fourth-order valence-electron chi connectivity index (χ4n) is 1.12. The van der Waals surface area contributed by atoms with E-state index in [-0.39, 0.29) is 6.04 Å². The third-order valence-corrected chi connectivity index (χ3v) is 1.93. The molecule has 0 aliphatic rings. The summed E-state index contributed by atoms with van der Waals surface area (Å²) in [6.07, 6.45) is 2.72. The van der Waals surface area contributed by atoms with Crippen molar-refractivity contribution in [3.05, 3.63) is 18.0 Å². The Hall–Kier alpha value is -1.34. The average molecular weight is 178 g/mol. The van der Waals surface area contributed by atoms with Gasteiger partial charge in [-0.3, -0.25) is 4.68 Å². The highest BCUT2D eigenvalue weighted by Crippen LogP contribution is 1.97. The van der Waals surface area contributed by atoms with Crippen molar-refractivity contribution in [2.45, 2.75) is 25.9 Å². The van der Waals surface area contributed by atoms with Crippen LogP contribution >= 0.6 is 0 Å². The van der Waals surface area contributed by atoms with E-state index in [0.29, 0.717) is 0 Å². The molecule has 0 fully saturated rings. The molecule has 1 heterocycles. The van der Waals surface area contributed by atoms with Gasteiger partial charge in [-0.15, -0.1) is 0 Å². The number of aromatic nitrogens is 2. The van der Waals surface area contributed by atoms with Crippen molar-refractivity contribution in [2.24, 2.45) is 0 Å². The van der Waals surface area contributed by atoms with Gasteiger partial charge in [0, 0.05) is 12.7 Å². The zero-order valence-electron chi connectivity index (χ0n) is 7.99. The second-order valence-electron chi connectivity index (χ2n) is 2.98. The van der Waals surface area contributed by atoms with Gasteiger partial charge in [-0.2, -0.15) is 10.4 Å². The van der Waals surface area contributed by atoms with E-state index in [2.05, 4.69) is 16.5 Å². The number of nitriles is 1. The number of hydrogen-bond acceptors (Lipinski definition) is 3. The predicted molar refractivity (Wildman–Crippen MR) is 50.0 cm³/mol. The van der Waals surface area contributed by atoms with Gasteiger partial charge in [-0.05, 0) is 26.5 Å². The molecule has 13 heavy (non-hydrogen) atoms. The summed E-state index contributed by atoms with van der Waals surface area (Å²) in [6.45, 7) is 2.74. The van der Waals surface area contributed by atoms with E-state index in [1.807, 2.05) is 23.9 Å². The molecule has 1 unspecified atom stereocenters. The molecule has 1 rings (SSSR count). The topological polar surface area (TPSA) is 53.6 Å². The van der Waals surface area contributed by atoms with E-state index in [0.717, 1.165) is 18.7 Å². The molecule has 1 atom stereocenters. The van der Waals surface area contributed by atoms with Gasteiger partial charge < -0.3 is 5.32 Å². The molecule has 1 N–H and O–H groups in total. The highest BCUT2D eigenvalue weighted by Gasteiger charge is 2.03. The van der Waals surface area contributed by atoms with Gasteiger partial charge in [-0.1, -0.05) is 0 Å². The monoisotopic (exact) mass is 178 g/mol. The lowest BCUT2D eigenvalue weighted by atomic mass is 10.2. The lowest BCUT2D eigenvalue weighted by Crippen LogP contribution is -2.24. The Kier molecular flexibility index (Phi) is 3.47. The quantitative estimate of drug-likeness (QED) is 0.738. The molecule has 4 nitrogen and oxygen atoms in total. The largest absolute Gasteiger partial charge is 0.305 e. The molecule has 0 radical (unpaired) electrons. The summed E-state index contributed by atoms with van der Waals surface area (Å²) in [6, 6.07) is 4.06. The van der Waals surface area contributed by atoms with Crippen LogP contribution in [-0.4, -0.2) is 22.9 Å². The summed E-state index contributed by atoms with van der Waals surface area (Å²) in [7, 11) is 1.79. The Balaban J connectivity index is 2.39. The minimum Gasteiger partial charge on any atom is -0.305 e. The Morgan fingerprint density at radius 2 is 2.54 bits per heavy atom. The standard InChI is InChI=1S/C9H14N4/c1-8-3-5-13(12-8)6-4-9(7-10)11-2/h3,5,9,11H,4,6H2,1-2H3. The maximum atomic E-state index is 8.67. The van der Waals surface area contributed by atoms with Crippen LogP contribution in [0.3, 0.4) is 0 Å². The number of hydrogen-bond donors (Lipinski definition) is 1. The van der Waals surface area contributed by atoms with Crippen LogP contribution in [0.25, 0.3) is 0 Å². The molecule has 1 aromatic heterocycles. The van der Waals surface area contributed by atoms with Gasteiger partial charge in [0.2, 0.25) is 0 Å². The lowest BCUT2D eigenvalue weighted by Gasteiger charge is -2.06. The molecule has 70 valence electrons. The maximum Gasteiger partial charge on any atom is 0.0968 e. The summed E-state index contributed by atoms with van der Waals surface area (Å²) >= 11 is 0. The fraction of sp³-hybridized carbons (Fsp3) is 0.556. The minimum absolute atomic E-state index is 0.0792. The lowest BCUT2D eigenvalue weighted by molar-refractivity contribution is 0.516. The average Bonchev–Trinajstić information content (AvgIpc) is 2.53. The summed E-state index contributed by atoms with van der Waals surface area (Å²) in [4.78, 5) is 0. The summed E-state index contributed by atoms with van der Waals surface area (Å²) in [5.74, 6) is 0. The van der Waals surface area contributed by atoms with Gasteiger partial charge in [0.1, 0.15) is 0 Å². The van der Waals surface area contributed by atoms with E-state index >= 15 is 0 Å². The van der Waals surface area contributed by atoms with Crippen LogP contribution in [0.5, 0.6) is 0 Å². The van der Waals surface area contributed by atoms with Gasteiger partial charge in [-0.25, -0.2) is 0 Å². The van der Waals surface area contributed by atoms with Gasteiger partial charge in [0.05, 0.1) is 17.8 Å². The minimum atomic E-state index is -0.0792. The summed E-state index contributed by atoms with van der Waals surface area (Å²) in [5.41, 5.74) is 1.01. The van der Waals surface area contributed by atoms with Crippen molar-refractivity contribution in [2.75, 3.05) is 7.05 Å². The molecule has 0 aliphatic heterocycles. The van der Waals surface area contributed by atoms with E-state index < -0.39 is 0 Å². The molecule has 0 spiro atoms. The fourth-order valence-corrected chi connectivity index (χ4v) is 1.12. The third kappa shape index (κ3) is 2.88. The Morgan fingerprint density at radius 3 is 3.00 bits per heavy atom. The SMILES string of the molecule is CNC(C#N)CCn1ccc(C)n1. The van der Waals surface area contributed by atoms with Crippen LogP contribution in [-0.2, 0) is 6.54 Å². The van der Waals surface area contributed by atoms with Crippen LogP contribution < -0.4 is 5.32 Å². The third-order valence-electron chi connectivity index (χ3n) is 1.93. The zero-order chi connectivity index (χ0) is 9.68. The van der Waals surface area contributed by atoms with E-state index in [1.54, 1.807) is 7.05 Å². The molecule has 0 amide bonds. The molecule has 0 aromatic carbocycles. The molecular weight excluding hydrogens is 164 g/mol. The Morgan fingerprint density at radius 1 is 1.77 bits per heavy atom. The second kappa shape index (κ2) is 4.63. The number of aryl methyl sites for hydroxylation is 2. The van der Waals surface area contributed by atoms with Crippen molar-refractivity contribution in [1.29, 1.82) is 5.26 Å². The van der Waals surface area contributed by atoms with Gasteiger partial charge in [0.15, 0.2) is 0 Å². The predicted octanol–water partition coefficient (Wildman–Crippen LogP) is 0.693. The van der Waals surface area contributed by atoms with Crippen molar-refractivity contribution < 1.29 is 0 Å². The molecule has 0 bridgehead atoms. The maximum absolute atomic E-state index is 8.67. The first kappa shape index (κ1) is 9.75. The molecule has 0 aliphatic carbocycles. The van der Waals surface area contributed by atoms with Crippen LogP contribution in [0.15, 0.2) is 12.3 Å². The number of nitrogens with one attached hydrogen (secondary N) is 1. The molecule has 1 aromatic rings. The number of rotatable bonds is 4. The highest BCUT2D eigenvalue weighted by atomic mass is 15.3. The zero-order valence-corrected chi connectivity index (χ0v) is 7.99. The molecule has 0 saturated heterocycles. The van der Waals surface area contributed by atoms with E-state index in [1.165, 1.54) is 0 Å². The van der Waals surface area contributed by atoms with Crippen molar-refractivity contribution >= 4 is 0 Å². The first-order valence-electron chi connectivity index (χ1n) is 4.33. The molecule has 4 heteroatoms. The number of nitrogens with zero attached hydrogens (tertiary/aromatic N) is 3. The molecular formula is C9H14N4. The smallest absolute Gasteiger partial charge is 0.0968 e. The van der Waals surface area contributed by atoms with Gasteiger partial charge in [0.25, 0.3) is 0 Å². The normalized spacial score (nSPS) is 12.4. The van der Waals surface area contributed by atoms with E-state index in [4.69, 9.17) is 5.26 Å². The second-order valence-corrected chi connectivity index (χ2v) is 2.98.